The Labute approximate surface area is 295 Å². The monoisotopic (exact) mass is 746 g/mol. The zero-order chi connectivity index (χ0) is 33.8. The molecule has 12 heteroatoms. The lowest BCUT2D eigenvalue weighted by molar-refractivity contribution is -0.0274. The standard InChI is InChI=1S/C35H71BrO11/c1-2-3-4-5-6-7-8-9-10-11-12-14-37-16-18-39-20-22-41-24-26-43-28-30-45-32-34-47-35-33-46-31-29-44-27-25-42-23-21-40-19-17-38-15-13-36/h2-35H2,1H3. The van der Waals surface area contributed by atoms with E-state index in [1.165, 1.54) is 64.2 Å². The minimum atomic E-state index is 0.525. The zero-order valence-corrected chi connectivity index (χ0v) is 31.5. The zero-order valence-electron chi connectivity index (χ0n) is 29.9. The first kappa shape index (κ1) is 47.0. The minimum absolute atomic E-state index is 0.525. The third-order valence-electron chi connectivity index (χ3n) is 6.83. The second-order valence-electron chi connectivity index (χ2n) is 11.0. The molecule has 0 saturated heterocycles. The lowest BCUT2D eigenvalue weighted by Crippen LogP contribution is -2.15. The van der Waals surface area contributed by atoms with Crippen molar-refractivity contribution >= 4 is 15.9 Å². The summed E-state index contributed by atoms with van der Waals surface area (Å²) < 4.78 is 60.3. The highest BCUT2D eigenvalue weighted by Gasteiger charge is 1.97. The summed E-state index contributed by atoms with van der Waals surface area (Å²) in [5.74, 6) is 0. The number of ether oxygens (including phenoxy) is 11. The quantitative estimate of drug-likeness (QED) is 0.0553. The Morgan fingerprint density at radius 2 is 0.426 bits per heavy atom. The van der Waals surface area contributed by atoms with Gasteiger partial charge in [-0.2, -0.15) is 0 Å². The molecule has 0 atom stereocenters. The molecule has 0 aliphatic carbocycles. The number of halogens is 1. The van der Waals surface area contributed by atoms with E-state index >= 15 is 0 Å². The fraction of sp³-hybridized carbons (Fsp3) is 1.00. The lowest BCUT2D eigenvalue weighted by Gasteiger charge is -2.09. The highest BCUT2D eigenvalue weighted by atomic mass is 79.9. The molecule has 0 aliphatic heterocycles. The molecule has 0 amide bonds. The van der Waals surface area contributed by atoms with Crippen LogP contribution in [0.5, 0.6) is 0 Å². The van der Waals surface area contributed by atoms with Gasteiger partial charge in [0.2, 0.25) is 0 Å². The van der Waals surface area contributed by atoms with Gasteiger partial charge in [0.1, 0.15) is 0 Å². The first-order chi connectivity index (χ1) is 23.4. The minimum Gasteiger partial charge on any atom is -0.379 e. The Hall–Kier alpha value is 0.0400. The van der Waals surface area contributed by atoms with Crippen molar-refractivity contribution < 1.29 is 52.1 Å². The molecule has 0 rings (SSSR count). The van der Waals surface area contributed by atoms with Crippen molar-refractivity contribution in [2.45, 2.75) is 77.6 Å². The maximum absolute atomic E-state index is 5.66. The van der Waals surface area contributed by atoms with E-state index in [1.807, 2.05) is 0 Å². The number of unbranched alkanes of at least 4 members (excludes halogenated alkanes) is 10. The third-order valence-corrected chi connectivity index (χ3v) is 7.16. The van der Waals surface area contributed by atoms with Gasteiger partial charge in [-0.1, -0.05) is 87.1 Å². The van der Waals surface area contributed by atoms with E-state index in [0.717, 1.165) is 18.4 Å². The van der Waals surface area contributed by atoms with Gasteiger partial charge < -0.3 is 52.1 Å². The Bertz CT molecular complexity index is 494. The number of hydrogen-bond acceptors (Lipinski definition) is 11. The predicted molar refractivity (Wildman–Crippen MR) is 189 cm³/mol. The SMILES string of the molecule is CCCCCCCCCCCCCOCCOCCOCCOCCOCCOCCOCCOCCOCCOCCOCCBr. The molecule has 0 heterocycles. The molecule has 0 spiro atoms. The van der Waals surface area contributed by atoms with Crippen LogP contribution < -0.4 is 0 Å². The maximum atomic E-state index is 5.66. The summed E-state index contributed by atoms with van der Waals surface area (Å²) in [7, 11) is 0. The van der Waals surface area contributed by atoms with Gasteiger partial charge in [0.25, 0.3) is 0 Å². The van der Waals surface area contributed by atoms with Gasteiger partial charge >= 0.3 is 0 Å². The molecule has 0 aromatic rings. The van der Waals surface area contributed by atoms with E-state index in [9.17, 15) is 0 Å². The fourth-order valence-corrected chi connectivity index (χ4v) is 4.45. The number of rotatable bonds is 44. The van der Waals surface area contributed by atoms with Crippen LogP contribution in [0.4, 0.5) is 0 Å². The van der Waals surface area contributed by atoms with Crippen LogP contribution in [0.2, 0.25) is 0 Å². The Morgan fingerprint density at radius 1 is 0.234 bits per heavy atom. The molecule has 284 valence electrons. The summed E-state index contributed by atoms with van der Waals surface area (Å²) in [5.41, 5.74) is 0. The molecule has 11 nitrogen and oxygen atoms in total. The van der Waals surface area contributed by atoms with E-state index < -0.39 is 0 Å². The molecule has 0 fully saturated rings. The maximum Gasteiger partial charge on any atom is 0.0701 e. The average Bonchev–Trinajstić information content (AvgIpc) is 3.08. The second-order valence-corrected chi connectivity index (χ2v) is 11.8. The van der Waals surface area contributed by atoms with Crippen molar-refractivity contribution in [3.63, 3.8) is 0 Å². The molecule has 0 aromatic heterocycles. The van der Waals surface area contributed by atoms with Crippen molar-refractivity contribution in [2.75, 3.05) is 151 Å². The molecule has 0 radical (unpaired) electrons. The van der Waals surface area contributed by atoms with Crippen LogP contribution in [-0.4, -0.2) is 151 Å². The van der Waals surface area contributed by atoms with Gasteiger partial charge in [0.15, 0.2) is 0 Å². The Morgan fingerprint density at radius 3 is 0.660 bits per heavy atom. The highest BCUT2D eigenvalue weighted by molar-refractivity contribution is 9.09. The van der Waals surface area contributed by atoms with Crippen LogP contribution in [0, 0.1) is 0 Å². The number of hydrogen-bond donors (Lipinski definition) is 0. The molecule has 0 unspecified atom stereocenters. The fourth-order valence-electron chi connectivity index (χ4n) is 4.22. The van der Waals surface area contributed by atoms with Gasteiger partial charge in [-0.05, 0) is 6.42 Å². The van der Waals surface area contributed by atoms with Crippen molar-refractivity contribution in [3.05, 3.63) is 0 Å². The predicted octanol–water partition coefficient (Wildman–Crippen LogP) is 5.87. The van der Waals surface area contributed by atoms with E-state index in [-0.39, 0.29) is 0 Å². The third kappa shape index (κ3) is 46.0. The van der Waals surface area contributed by atoms with Crippen molar-refractivity contribution in [1.29, 1.82) is 0 Å². The first-order valence-corrected chi connectivity index (χ1v) is 19.4. The van der Waals surface area contributed by atoms with E-state index in [2.05, 4.69) is 22.9 Å². The van der Waals surface area contributed by atoms with Crippen LogP contribution >= 0.6 is 15.9 Å². The second kappa shape index (κ2) is 46.0. The normalized spacial score (nSPS) is 11.6. The summed E-state index contributed by atoms with van der Waals surface area (Å²) >= 11 is 3.30. The highest BCUT2D eigenvalue weighted by Crippen LogP contribution is 2.11. The van der Waals surface area contributed by atoms with Gasteiger partial charge in [0, 0.05) is 11.9 Å². The van der Waals surface area contributed by atoms with Crippen LogP contribution in [0.3, 0.4) is 0 Å². The van der Waals surface area contributed by atoms with E-state index in [0.29, 0.717) is 139 Å². The van der Waals surface area contributed by atoms with Gasteiger partial charge in [-0.25, -0.2) is 0 Å². The van der Waals surface area contributed by atoms with Crippen molar-refractivity contribution in [1.82, 2.24) is 0 Å². The smallest absolute Gasteiger partial charge is 0.0701 e. The summed E-state index contributed by atoms with van der Waals surface area (Å²) in [4.78, 5) is 0. The topological polar surface area (TPSA) is 102 Å². The Kier molecular flexibility index (Phi) is 46.1. The number of alkyl halides is 1. The van der Waals surface area contributed by atoms with Gasteiger partial charge in [-0.3, -0.25) is 0 Å². The molecule has 0 N–H and O–H groups in total. The van der Waals surface area contributed by atoms with Crippen LogP contribution in [0.1, 0.15) is 77.6 Å². The van der Waals surface area contributed by atoms with E-state index in [1.54, 1.807) is 0 Å². The van der Waals surface area contributed by atoms with Crippen LogP contribution in [0.25, 0.3) is 0 Å². The first-order valence-electron chi connectivity index (χ1n) is 18.3. The summed E-state index contributed by atoms with van der Waals surface area (Å²) in [5, 5.41) is 0.841. The summed E-state index contributed by atoms with van der Waals surface area (Å²) in [6.45, 7) is 14.9. The lowest BCUT2D eigenvalue weighted by atomic mass is 10.1. The van der Waals surface area contributed by atoms with E-state index in [4.69, 9.17) is 52.1 Å². The molecule has 0 saturated carbocycles. The summed E-state index contributed by atoms with van der Waals surface area (Å²) in [6.07, 6.45) is 14.9. The molecular formula is C35H71BrO11. The van der Waals surface area contributed by atoms with Crippen LogP contribution in [-0.2, 0) is 52.1 Å². The van der Waals surface area contributed by atoms with Crippen molar-refractivity contribution in [2.24, 2.45) is 0 Å². The van der Waals surface area contributed by atoms with Crippen LogP contribution in [0.15, 0.2) is 0 Å². The Balaban J connectivity index is 3.03. The molecule has 0 aliphatic rings. The summed E-state index contributed by atoms with van der Waals surface area (Å²) in [6, 6.07) is 0. The largest absolute Gasteiger partial charge is 0.379 e. The van der Waals surface area contributed by atoms with Crippen molar-refractivity contribution in [3.8, 4) is 0 Å². The molecule has 0 aromatic carbocycles. The van der Waals surface area contributed by atoms with Gasteiger partial charge in [-0.15, -0.1) is 0 Å². The molecule has 47 heavy (non-hydrogen) atoms. The molecular weight excluding hydrogens is 676 g/mol. The average molecular weight is 748 g/mol. The van der Waals surface area contributed by atoms with Gasteiger partial charge in [0.05, 0.1) is 139 Å². The molecule has 0 bridgehead atoms.